The number of rotatable bonds is 6. The van der Waals surface area contributed by atoms with Gasteiger partial charge in [-0.25, -0.2) is 4.39 Å². The monoisotopic (exact) mass is 379 g/mol. The molecule has 1 heterocycles. The zero-order valence-electron chi connectivity index (χ0n) is 16.8. The molecule has 0 fully saturated rings. The molecule has 0 aliphatic carbocycles. The van der Waals surface area contributed by atoms with Gasteiger partial charge in [0.05, 0.1) is 11.3 Å². The van der Waals surface area contributed by atoms with Gasteiger partial charge in [0.2, 0.25) is 0 Å². The minimum Gasteiger partial charge on any atom is -0.351 e. The molecule has 3 rings (SSSR count). The quantitative estimate of drug-likeness (QED) is 0.697. The van der Waals surface area contributed by atoms with Crippen molar-refractivity contribution in [3.05, 3.63) is 77.2 Å². The third-order valence-corrected chi connectivity index (χ3v) is 4.74. The van der Waals surface area contributed by atoms with Crippen molar-refractivity contribution >= 4 is 5.91 Å². The van der Waals surface area contributed by atoms with Crippen LogP contribution < -0.4 is 5.32 Å². The maximum atomic E-state index is 13.4. The third-order valence-electron chi connectivity index (χ3n) is 4.74. The molecular weight excluding hydrogens is 353 g/mol. The van der Waals surface area contributed by atoms with Crippen LogP contribution >= 0.6 is 0 Å². The Kier molecular flexibility index (Phi) is 5.95. The molecule has 0 saturated heterocycles. The van der Waals surface area contributed by atoms with Gasteiger partial charge in [0.15, 0.2) is 0 Å². The van der Waals surface area contributed by atoms with Crippen LogP contribution in [0, 0.1) is 19.7 Å². The zero-order chi connectivity index (χ0) is 20.3. The number of halogens is 1. The molecule has 1 amide bonds. The number of hydrogen-bond acceptors (Lipinski definition) is 2. The van der Waals surface area contributed by atoms with E-state index in [2.05, 4.69) is 16.0 Å². The lowest BCUT2D eigenvalue weighted by Gasteiger charge is -2.13. The SMILES string of the molecule is Cc1cccc(-n2c(-c3ccc(F)cc3)cc(C(=O)NCCN(C)C)c2C)c1. The normalized spacial score (nSPS) is 11.1. The number of likely N-dealkylation sites (N-methyl/N-ethyl adjacent to an activating group) is 1. The molecule has 0 unspecified atom stereocenters. The predicted octanol–water partition coefficient (Wildman–Crippen LogP) is 4.19. The average molecular weight is 379 g/mol. The van der Waals surface area contributed by atoms with Crippen LogP contribution in [-0.4, -0.2) is 42.6 Å². The van der Waals surface area contributed by atoms with E-state index < -0.39 is 0 Å². The first-order valence-corrected chi connectivity index (χ1v) is 9.35. The number of nitrogens with one attached hydrogen (secondary N) is 1. The summed E-state index contributed by atoms with van der Waals surface area (Å²) in [6.45, 7) is 5.33. The van der Waals surface area contributed by atoms with Gasteiger partial charge in [-0.1, -0.05) is 12.1 Å². The summed E-state index contributed by atoms with van der Waals surface area (Å²) in [7, 11) is 3.94. The Morgan fingerprint density at radius 1 is 1.07 bits per heavy atom. The first kappa shape index (κ1) is 19.8. The average Bonchev–Trinajstić information content (AvgIpc) is 2.99. The summed E-state index contributed by atoms with van der Waals surface area (Å²) in [5.74, 6) is -0.384. The summed E-state index contributed by atoms with van der Waals surface area (Å²) in [6, 6.07) is 16.4. The van der Waals surface area contributed by atoms with E-state index in [9.17, 15) is 9.18 Å². The minimum atomic E-state index is -0.282. The Morgan fingerprint density at radius 2 is 1.79 bits per heavy atom. The predicted molar refractivity (Wildman–Crippen MR) is 112 cm³/mol. The molecule has 4 nitrogen and oxygen atoms in total. The van der Waals surface area contributed by atoms with Crippen molar-refractivity contribution in [1.29, 1.82) is 0 Å². The Bertz CT molecular complexity index is 974. The number of aromatic nitrogens is 1. The standard InChI is InChI=1S/C23H26FN3O/c1-16-6-5-7-20(14-16)27-17(2)21(23(28)25-12-13-26(3)4)15-22(27)18-8-10-19(24)11-9-18/h5-11,14-15H,12-13H2,1-4H3,(H,25,28). The molecule has 0 spiro atoms. The second-order valence-electron chi connectivity index (χ2n) is 7.27. The Balaban J connectivity index is 2.07. The first-order valence-electron chi connectivity index (χ1n) is 9.35. The number of amides is 1. The van der Waals surface area contributed by atoms with Crippen molar-refractivity contribution in [3.63, 3.8) is 0 Å². The van der Waals surface area contributed by atoms with E-state index >= 15 is 0 Å². The molecule has 0 radical (unpaired) electrons. The van der Waals surface area contributed by atoms with Crippen molar-refractivity contribution in [3.8, 4) is 16.9 Å². The van der Waals surface area contributed by atoms with E-state index in [0.29, 0.717) is 12.1 Å². The largest absolute Gasteiger partial charge is 0.351 e. The number of carbonyl (C=O) groups excluding carboxylic acids is 1. The highest BCUT2D eigenvalue weighted by molar-refractivity contribution is 5.97. The fraction of sp³-hybridized carbons (Fsp3) is 0.261. The minimum absolute atomic E-state index is 0.103. The summed E-state index contributed by atoms with van der Waals surface area (Å²) in [5.41, 5.74) is 5.31. The summed E-state index contributed by atoms with van der Waals surface area (Å²) < 4.78 is 15.5. The summed E-state index contributed by atoms with van der Waals surface area (Å²) in [6.07, 6.45) is 0. The fourth-order valence-corrected chi connectivity index (χ4v) is 3.26. The van der Waals surface area contributed by atoms with E-state index in [-0.39, 0.29) is 11.7 Å². The van der Waals surface area contributed by atoms with Crippen LogP contribution in [0.1, 0.15) is 21.6 Å². The van der Waals surface area contributed by atoms with Crippen LogP contribution in [0.5, 0.6) is 0 Å². The van der Waals surface area contributed by atoms with Gasteiger partial charge in [0.25, 0.3) is 5.91 Å². The highest BCUT2D eigenvalue weighted by atomic mass is 19.1. The lowest BCUT2D eigenvalue weighted by Crippen LogP contribution is -2.31. The molecule has 5 heteroatoms. The molecule has 3 aromatic rings. The Morgan fingerprint density at radius 3 is 2.43 bits per heavy atom. The van der Waals surface area contributed by atoms with Crippen molar-refractivity contribution in [2.75, 3.05) is 27.2 Å². The molecule has 0 bridgehead atoms. The van der Waals surface area contributed by atoms with Gasteiger partial charge in [-0.05, 0) is 81.5 Å². The molecule has 0 saturated carbocycles. The topological polar surface area (TPSA) is 37.3 Å². The smallest absolute Gasteiger partial charge is 0.253 e. The maximum absolute atomic E-state index is 13.4. The summed E-state index contributed by atoms with van der Waals surface area (Å²) >= 11 is 0. The fourth-order valence-electron chi connectivity index (χ4n) is 3.26. The molecular formula is C23H26FN3O. The molecule has 0 atom stereocenters. The van der Waals surface area contributed by atoms with Crippen LogP contribution in [0.3, 0.4) is 0 Å². The van der Waals surface area contributed by atoms with E-state index in [1.807, 2.05) is 57.1 Å². The number of hydrogen-bond donors (Lipinski definition) is 1. The van der Waals surface area contributed by atoms with Crippen molar-refractivity contribution in [2.45, 2.75) is 13.8 Å². The van der Waals surface area contributed by atoms with E-state index in [1.54, 1.807) is 12.1 Å². The van der Waals surface area contributed by atoms with Crippen molar-refractivity contribution < 1.29 is 9.18 Å². The van der Waals surface area contributed by atoms with Crippen LogP contribution in [0.15, 0.2) is 54.6 Å². The molecule has 146 valence electrons. The second-order valence-corrected chi connectivity index (χ2v) is 7.27. The Labute approximate surface area is 165 Å². The molecule has 1 N–H and O–H groups in total. The molecule has 0 aliphatic heterocycles. The van der Waals surface area contributed by atoms with Gasteiger partial charge in [-0.3, -0.25) is 4.79 Å². The second kappa shape index (κ2) is 8.40. The van der Waals surface area contributed by atoms with Gasteiger partial charge in [0.1, 0.15) is 5.82 Å². The van der Waals surface area contributed by atoms with Crippen molar-refractivity contribution in [1.82, 2.24) is 14.8 Å². The van der Waals surface area contributed by atoms with Gasteiger partial charge < -0.3 is 14.8 Å². The molecule has 2 aromatic carbocycles. The van der Waals surface area contributed by atoms with E-state index in [1.165, 1.54) is 12.1 Å². The third kappa shape index (κ3) is 4.31. The Hall–Kier alpha value is -2.92. The molecule has 0 aliphatic rings. The lowest BCUT2D eigenvalue weighted by atomic mass is 10.1. The zero-order valence-corrected chi connectivity index (χ0v) is 16.8. The van der Waals surface area contributed by atoms with Gasteiger partial charge in [0, 0.05) is 24.5 Å². The lowest BCUT2D eigenvalue weighted by molar-refractivity contribution is 0.0950. The van der Waals surface area contributed by atoms with Crippen LogP contribution in [-0.2, 0) is 0 Å². The number of benzene rings is 2. The van der Waals surface area contributed by atoms with Crippen LogP contribution in [0.25, 0.3) is 16.9 Å². The molecule has 28 heavy (non-hydrogen) atoms. The summed E-state index contributed by atoms with van der Waals surface area (Å²) in [4.78, 5) is 14.8. The highest BCUT2D eigenvalue weighted by Gasteiger charge is 2.19. The maximum Gasteiger partial charge on any atom is 0.253 e. The number of nitrogens with zero attached hydrogens (tertiary/aromatic N) is 2. The number of aryl methyl sites for hydroxylation is 1. The first-order chi connectivity index (χ1) is 13.4. The van der Waals surface area contributed by atoms with Crippen LogP contribution in [0.4, 0.5) is 4.39 Å². The molecule has 1 aromatic heterocycles. The van der Waals surface area contributed by atoms with E-state index in [0.717, 1.165) is 34.7 Å². The summed E-state index contributed by atoms with van der Waals surface area (Å²) in [5, 5.41) is 2.98. The van der Waals surface area contributed by atoms with Gasteiger partial charge in [-0.2, -0.15) is 0 Å². The van der Waals surface area contributed by atoms with Gasteiger partial charge in [-0.15, -0.1) is 0 Å². The van der Waals surface area contributed by atoms with E-state index in [4.69, 9.17) is 0 Å². The van der Waals surface area contributed by atoms with Crippen LogP contribution in [0.2, 0.25) is 0 Å². The highest BCUT2D eigenvalue weighted by Crippen LogP contribution is 2.30. The number of carbonyl (C=O) groups is 1. The van der Waals surface area contributed by atoms with Crippen molar-refractivity contribution in [2.24, 2.45) is 0 Å². The van der Waals surface area contributed by atoms with Gasteiger partial charge >= 0.3 is 0 Å².